The number of thiol groups is 1. The van der Waals surface area contributed by atoms with Gasteiger partial charge in [0, 0.05) is 22.0 Å². The van der Waals surface area contributed by atoms with Gasteiger partial charge in [0.05, 0.1) is 6.34 Å². The highest BCUT2D eigenvalue weighted by atomic mass is 32.1. The highest BCUT2D eigenvalue weighted by Crippen LogP contribution is 2.52. The lowest BCUT2D eigenvalue weighted by atomic mass is 10.1. The molecule has 90 valence electrons. The van der Waals surface area contributed by atoms with Gasteiger partial charge in [-0.15, -0.1) is 12.6 Å². The zero-order chi connectivity index (χ0) is 12.2. The van der Waals surface area contributed by atoms with Crippen molar-refractivity contribution in [3.63, 3.8) is 0 Å². The summed E-state index contributed by atoms with van der Waals surface area (Å²) in [7, 11) is 0. The number of aliphatic imine (C=N–C) groups is 1. The molecule has 0 bridgehead atoms. The molecule has 3 heteroatoms. The van der Waals surface area contributed by atoms with E-state index in [4.69, 9.17) is 12.6 Å². The Morgan fingerprint density at radius 2 is 2.24 bits per heavy atom. The van der Waals surface area contributed by atoms with E-state index in [0.29, 0.717) is 17.8 Å². The van der Waals surface area contributed by atoms with Crippen LogP contribution in [0.15, 0.2) is 39.1 Å². The Kier molecular flexibility index (Phi) is 2.47. The Hall–Kier alpha value is -0.960. The van der Waals surface area contributed by atoms with Crippen LogP contribution < -0.4 is 0 Å². The van der Waals surface area contributed by atoms with Crippen molar-refractivity contribution in [2.45, 2.75) is 27.2 Å². The molecule has 1 aliphatic carbocycles. The van der Waals surface area contributed by atoms with Crippen molar-refractivity contribution in [2.75, 3.05) is 0 Å². The summed E-state index contributed by atoms with van der Waals surface area (Å²) in [4.78, 5) is 7.89. The predicted molar refractivity (Wildman–Crippen MR) is 74.6 cm³/mol. The van der Waals surface area contributed by atoms with Crippen LogP contribution in [0.1, 0.15) is 27.2 Å². The molecule has 17 heavy (non-hydrogen) atoms. The molecule has 0 saturated heterocycles. The first-order valence-corrected chi connectivity index (χ1v) is 6.69. The fraction of sp³-hybridized carbons (Fsp3) is 0.500. The SMILES string of the molecule is CC1=CC2=CC3CC3C(S)=C(C(C)C)N2C=N1. The zero-order valence-corrected chi connectivity index (χ0v) is 11.4. The summed E-state index contributed by atoms with van der Waals surface area (Å²) in [6.07, 6.45) is 7.75. The monoisotopic (exact) mass is 246 g/mol. The number of hydrogen-bond donors (Lipinski definition) is 1. The third-order valence-corrected chi connectivity index (χ3v) is 4.22. The van der Waals surface area contributed by atoms with Crippen molar-refractivity contribution >= 4 is 19.0 Å². The Bertz CT molecular complexity index is 482. The third-order valence-electron chi connectivity index (χ3n) is 3.66. The lowest BCUT2D eigenvalue weighted by Gasteiger charge is -2.29. The second-order valence-corrected chi connectivity index (χ2v) is 5.90. The molecule has 0 aromatic rings. The van der Waals surface area contributed by atoms with Crippen LogP contribution in [0, 0.1) is 17.8 Å². The van der Waals surface area contributed by atoms with Crippen LogP contribution in [0.25, 0.3) is 0 Å². The van der Waals surface area contributed by atoms with Gasteiger partial charge in [0.2, 0.25) is 0 Å². The van der Waals surface area contributed by atoms with Gasteiger partial charge in [0.25, 0.3) is 0 Å². The molecule has 1 saturated carbocycles. The van der Waals surface area contributed by atoms with E-state index < -0.39 is 0 Å². The number of hydrogen-bond acceptors (Lipinski definition) is 3. The molecule has 3 aliphatic rings. The maximum Gasteiger partial charge on any atom is 0.0996 e. The summed E-state index contributed by atoms with van der Waals surface area (Å²) in [6, 6.07) is 0. The van der Waals surface area contributed by atoms with E-state index >= 15 is 0 Å². The minimum atomic E-state index is 0.475. The van der Waals surface area contributed by atoms with Crippen molar-refractivity contribution in [3.8, 4) is 0 Å². The molecule has 3 rings (SSSR count). The van der Waals surface area contributed by atoms with Gasteiger partial charge in [-0.1, -0.05) is 19.9 Å². The van der Waals surface area contributed by atoms with Crippen LogP contribution in [0.5, 0.6) is 0 Å². The highest BCUT2D eigenvalue weighted by molar-refractivity contribution is 7.84. The quantitative estimate of drug-likeness (QED) is 0.699. The second kappa shape index (κ2) is 3.77. The van der Waals surface area contributed by atoms with Crippen molar-refractivity contribution in [3.05, 3.63) is 34.1 Å². The molecule has 0 radical (unpaired) electrons. The average Bonchev–Trinajstić information content (AvgIpc) is 2.99. The molecule has 0 spiro atoms. The van der Waals surface area contributed by atoms with Gasteiger partial charge in [0.1, 0.15) is 0 Å². The first kappa shape index (κ1) is 11.1. The van der Waals surface area contributed by atoms with E-state index in [1.165, 1.54) is 22.7 Å². The van der Waals surface area contributed by atoms with Crippen LogP contribution in [0.3, 0.4) is 0 Å². The third kappa shape index (κ3) is 1.77. The van der Waals surface area contributed by atoms with Gasteiger partial charge in [-0.25, -0.2) is 4.99 Å². The maximum atomic E-state index is 4.76. The van der Waals surface area contributed by atoms with Crippen LogP contribution in [0.4, 0.5) is 0 Å². The Morgan fingerprint density at radius 3 is 2.94 bits per heavy atom. The van der Waals surface area contributed by atoms with Gasteiger partial charge in [-0.2, -0.15) is 0 Å². The molecule has 2 unspecified atom stereocenters. The lowest BCUT2D eigenvalue weighted by molar-refractivity contribution is 0.544. The first-order chi connectivity index (χ1) is 8.08. The summed E-state index contributed by atoms with van der Waals surface area (Å²) in [5.41, 5.74) is 3.67. The van der Waals surface area contributed by atoms with Crippen LogP contribution in [-0.4, -0.2) is 11.2 Å². The maximum absolute atomic E-state index is 4.76. The average molecular weight is 246 g/mol. The number of allylic oxidation sites excluding steroid dienone is 5. The van der Waals surface area contributed by atoms with E-state index in [9.17, 15) is 0 Å². The molecule has 0 amide bonds. The van der Waals surface area contributed by atoms with E-state index in [-0.39, 0.29) is 0 Å². The first-order valence-electron chi connectivity index (χ1n) is 6.24. The lowest BCUT2D eigenvalue weighted by Crippen LogP contribution is -2.25. The predicted octanol–water partition coefficient (Wildman–Crippen LogP) is 3.57. The molecule has 2 heterocycles. The van der Waals surface area contributed by atoms with Crippen molar-refractivity contribution in [1.29, 1.82) is 0 Å². The standard InChI is InChI=1S/C14H18N2S/c1-8(2)13-14(17)12-6-10(12)5-11-4-9(3)15-7-16(11)13/h4-5,7-8,10,12,17H,6H2,1-3H3. The molecule has 0 aromatic heterocycles. The summed E-state index contributed by atoms with van der Waals surface area (Å²) in [5.74, 6) is 1.81. The molecule has 2 atom stereocenters. The molecule has 1 fully saturated rings. The van der Waals surface area contributed by atoms with Gasteiger partial charge in [-0.3, -0.25) is 0 Å². The molecule has 0 N–H and O–H groups in total. The normalized spacial score (nSPS) is 30.8. The Labute approximate surface area is 108 Å². The zero-order valence-electron chi connectivity index (χ0n) is 10.5. The smallest absolute Gasteiger partial charge is 0.0996 e. The Morgan fingerprint density at radius 1 is 1.47 bits per heavy atom. The van der Waals surface area contributed by atoms with Crippen molar-refractivity contribution < 1.29 is 0 Å². The van der Waals surface area contributed by atoms with E-state index in [1.54, 1.807) is 0 Å². The minimum Gasteiger partial charge on any atom is -0.304 e. The van der Waals surface area contributed by atoms with Gasteiger partial charge in [-0.05, 0) is 37.2 Å². The molecular weight excluding hydrogens is 228 g/mol. The van der Waals surface area contributed by atoms with Crippen LogP contribution >= 0.6 is 12.6 Å². The molecular formula is C14H18N2S. The van der Waals surface area contributed by atoms with Gasteiger partial charge < -0.3 is 4.90 Å². The summed E-state index contributed by atoms with van der Waals surface area (Å²) < 4.78 is 0. The molecule has 2 aliphatic heterocycles. The van der Waals surface area contributed by atoms with E-state index in [1.807, 2.05) is 13.3 Å². The Balaban J connectivity index is 2.10. The van der Waals surface area contributed by atoms with E-state index in [0.717, 1.165) is 5.70 Å². The second-order valence-electron chi connectivity index (χ2n) is 5.42. The van der Waals surface area contributed by atoms with Crippen LogP contribution in [0.2, 0.25) is 0 Å². The molecule has 2 nitrogen and oxygen atoms in total. The molecule has 0 aromatic carbocycles. The fourth-order valence-corrected chi connectivity index (χ4v) is 3.35. The fourth-order valence-electron chi connectivity index (χ4n) is 2.69. The van der Waals surface area contributed by atoms with Crippen molar-refractivity contribution in [1.82, 2.24) is 4.90 Å². The number of fused-ring (bicyclic) bond motifs is 2. The number of nitrogens with zero attached hydrogens (tertiary/aromatic N) is 2. The minimum absolute atomic E-state index is 0.475. The largest absolute Gasteiger partial charge is 0.304 e. The summed E-state index contributed by atoms with van der Waals surface area (Å²) in [6.45, 7) is 6.50. The highest BCUT2D eigenvalue weighted by Gasteiger charge is 2.42. The topological polar surface area (TPSA) is 15.6 Å². The summed E-state index contributed by atoms with van der Waals surface area (Å²) >= 11 is 4.76. The van der Waals surface area contributed by atoms with Crippen LogP contribution in [-0.2, 0) is 0 Å². The summed E-state index contributed by atoms with van der Waals surface area (Å²) in [5, 5.41) is 0. The number of rotatable bonds is 1. The van der Waals surface area contributed by atoms with E-state index in [2.05, 4.69) is 35.9 Å². The van der Waals surface area contributed by atoms with Gasteiger partial charge >= 0.3 is 0 Å². The van der Waals surface area contributed by atoms with Crippen molar-refractivity contribution in [2.24, 2.45) is 22.7 Å². The van der Waals surface area contributed by atoms with Gasteiger partial charge in [0.15, 0.2) is 0 Å².